The maximum Gasteiger partial charge on any atom is 0.244 e. The molecule has 1 saturated carbocycles. The average Bonchev–Trinajstić information content (AvgIpc) is 2.98. The fourth-order valence-corrected chi connectivity index (χ4v) is 2.54. The van der Waals surface area contributed by atoms with Crippen LogP contribution in [0.25, 0.3) is 0 Å². The summed E-state index contributed by atoms with van der Waals surface area (Å²) in [4.78, 5) is 17.8. The standard InChI is InChI=1S/C16H24N4O/c1-20(12-13-7-3-2-4-8-13)15(21)11-18-16(17)19-14-9-5-6-10-14/h2-4,7-8,14H,5-6,9-12H2,1H3,(H3,17,18,19). The van der Waals surface area contributed by atoms with E-state index in [4.69, 9.17) is 5.73 Å². The van der Waals surface area contributed by atoms with Gasteiger partial charge in [0.25, 0.3) is 0 Å². The molecule has 1 aromatic rings. The number of hydrogen-bond acceptors (Lipinski definition) is 2. The van der Waals surface area contributed by atoms with Gasteiger partial charge in [-0.1, -0.05) is 43.2 Å². The van der Waals surface area contributed by atoms with Crippen molar-refractivity contribution in [1.82, 2.24) is 10.2 Å². The zero-order valence-electron chi connectivity index (χ0n) is 12.6. The number of carbonyl (C=O) groups is 1. The average molecular weight is 288 g/mol. The van der Waals surface area contributed by atoms with Crippen LogP contribution in [0.15, 0.2) is 35.3 Å². The van der Waals surface area contributed by atoms with Gasteiger partial charge in [-0.25, -0.2) is 4.99 Å². The Morgan fingerprint density at radius 2 is 2.00 bits per heavy atom. The molecular formula is C16H24N4O. The Bertz CT molecular complexity index is 480. The summed E-state index contributed by atoms with van der Waals surface area (Å²) in [6.45, 7) is 0.681. The molecule has 1 aliphatic rings. The number of nitrogens with two attached hydrogens (primary N) is 1. The molecule has 0 spiro atoms. The van der Waals surface area contributed by atoms with Crippen molar-refractivity contribution in [2.24, 2.45) is 10.7 Å². The molecule has 1 fully saturated rings. The summed E-state index contributed by atoms with van der Waals surface area (Å²) in [5.41, 5.74) is 6.93. The van der Waals surface area contributed by atoms with Gasteiger partial charge in [0.2, 0.25) is 5.91 Å². The molecule has 0 bridgehead atoms. The largest absolute Gasteiger partial charge is 0.370 e. The third-order valence-electron chi connectivity index (χ3n) is 3.78. The van der Waals surface area contributed by atoms with Gasteiger partial charge < -0.3 is 16.0 Å². The molecule has 114 valence electrons. The fourth-order valence-electron chi connectivity index (χ4n) is 2.54. The van der Waals surface area contributed by atoms with Crippen molar-refractivity contribution in [3.8, 4) is 0 Å². The van der Waals surface area contributed by atoms with E-state index in [0.717, 1.165) is 18.4 Å². The van der Waals surface area contributed by atoms with Crippen molar-refractivity contribution < 1.29 is 4.79 Å². The number of aliphatic imine (C=N–C) groups is 1. The normalized spacial score (nSPS) is 16.0. The monoisotopic (exact) mass is 288 g/mol. The second-order valence-electron chi connectivity index (χ2n) is 5.56. The summed E-state index contributed by atoms with van der Waals surface area (Å²) in [5, 5.41) is 3.18. The summed E-state index contributed by atoms with van der Waals surface area (Å²) >= 11 is 0. The van der Waals surface area contributed by atoms with Crippen molar-refractivity contribution in [3.63, 3.8) is 0 Å². The van der Waals surface area contributed by atoms with Crippen molar-refractivity contribution >= 4 is 11.9 Å². The number of likely N-dealkylation sites (N-methyl/N-ethyl adjacent to an activating group) is 1. The van der Waals surface area contributed by atoms with Gasteiger partial charge in [-0.05, 0) is 18.4 Å². The highest BCUT2D eigenvalue weighted by Gasteiger charge is 2.15. The summed E-state index contributed by atoms with van der Waals surface area (Å²) in [6, 6.07) is 10.3. The number of rotatable bonds is 5. The van der Waals surface area contributed by atoms with E-state index in [-0.39, 0.29) is 12.5 Å². The van der Waals surface area contributed by atoms with Gasteiger partial charge in [-0.3, -0.25) is 4.79 Å². The molecule has 21 heavy (non-hydrogen) atoms. The Morgan fingerprint density at radius 1 is 1.33 bits per heavy atom. The highest BCUT2D eigenvalue weighted by atomic mass is 16.2. The fraction of sp³-hybridized carbons (Fsp3) is 0.500. The lowest BCUT2D eigenvalue weighted by atomic mass is 10.2. The van der Waals surface area contributed by atoms with Crippen LogP contribution in [-0.2, 0) is 11.3 Å². The minimum Gasteiger partial charge on any atom is -0.370 e. The summed E-state index contributed by atoms with van der Waals surface area (Å²) in [6.07, 6.45) is 4.75. The molecule has 2 rings (SSSR count). The number of hydrogen-bond donors (Lipinski definition) is 2. The molecule has 1 amide bonds. The first-order valence-electron chi connectivity index (χ1n) is 7.49. The molecule has 0 unspecified atom stereocenters. The van der Waals surface area contributed by atoms with Crippen LogP contribution in [0.2, 0.25) is 0 Å². The number of nitrogens with zero attached hydrogens (tertiary/aromatic N) is 2. The first kappa shape index (κ1) is 15.4. The quantitative estimate of drug-likeness (QED) is 0.637. The molecule has 0 aliphatic heterocycles. The van der Waals surface area contributed by atoms with Crippen LogP contribution in [0.1, 0.15) is 31.2 Å². The second-order valence-corrected chi connectivity index (χ2v) is 5.56. The molecule has 5 nitrogen and oxygen atoms in total. The summed E-state index contributed by atoms with van der Waals surface area (Å²) in [5.74, 6) is 0.346. The van der Waals surface area contributed by atoms with Crippen LogP contribution in [0.5, 0.6) is 0 Å². The van der Waals surface area contributed by atoms with Gasteiger partial charge in [0.05, 0.1) is 0 Å². The highest BCUT2D eigenvalue weighted by molar-refractivity contribution is 5.84. The van der Waals surface area contributed by atoms with Crippen LogP contribution in [0.4, 0.5) is 0 Å². The zero-order chi connectivity index (χ0) is 15.1. The Kier molecular flexibility index (Phi) is 5.60. The second kappa shape index (κ2) is 7.67. The van der Waals surface area contributed by atoms with E-state index in [9.17, 15) is 4.79 Å². The number of nitrogens with one attached hydrogen (secondary N) is 1. The molecule has 5 heteroatoms. The minimum absolute atomic E-state index is 0.0324. The van der Waals surface area contributed by atoms with Crippen LogP contribution < -0.4 is 11.1 Å². The Labute approximate surface area is 126 Å². The lowest BCUT2D eigenvalue weighted by molar-refractivity contribution is -0.128. The van der Waals surface area contributed by atoms with Crippen LogP contribution in [0, 0.1) is 0 Å². The van der Waals surface area contributed by atoms with E-state index in [0.29, 0.717) is 18.5 Å². The summed E-state index contributed by atoms with van der Waals surface area (Å²) in [7, 11) is 1.78. The van der Waals surface area contributed by atoms with E-state index < -0.39 is 0 Å². The number of benzene rings is 1. The SMILES string of the molecule is CN(Cc1ccccc1)C(=O)CN=C(N)NC1CCCC1. The van der Waals surface area contributed by atoms with E-state index in [1.807, 2.05) is 30.3 Å². The van der Waals surface area contributed by atoms with Crippen LogP contribution in [-0.4, -0.2) is 36.4 Å². The first-order valence-corrected chi connectivity index (χ1v) is 7.49. The molecule has 1 aliphatic carbocycles. The Morgan fingerprint density at radius 3 is 2.67 bits per heavy atom. The topological polar surface area (TPSA) is 70.7 Å². The van der Waals surface area contributed by atoms with Gasteiger partial charge in [0.15, 0.2) is 5.96 Å². The molecule has 0 atom stereocenters. The molecule has 0 aromatic heterocycles. The lowest BCUT2D eigenvalue weighted by Crippen LogP contribution is -2.39. The maximum atomic E-state index is 12.0. The lowest BCUT2D eigenvalue weighted by Gasteiger charge is -2.17. The number of guanidine groups is 1. The van der Waals surface area contributed by atoms with Crippen molar-refractivity contribution in [1.29, 1.82) is 0 Å². The molecule has 0 heterocycles. The highest BCUT2D eigenvalue weighted by Crippen LogP contribution is 2.17. The van der Waals surface area contributed by atoms with E-state index in [1.54, 1.807) is 11.9 Å². The summed E-state index contributed by atoms with van der Waals surface area (Å²) < 4.78 is 0. The zero-order valence-corrected chi connectivity index (χ0v) is 12.6. The number of amides is 1. The van der Waals surface area contributed by atoms with Gasteiger partial charge in [0, 0.05) is 19.6 Å². The first-order chi connectivity index (χ1) is 10.1. The maximum absolute atomic E-state index is 12.0. The van der Waals surface area contributed by atoms with E-state index in [1.165, 1.54) is 12.8 Å². The van der Waals surface area contributed by atoms with E-state index >= 15 is 0 Å². The number of carbonyl (C=O) groups excluding carboxylic acids is 1. The van der Waals surface area contributed by atoms with Crippen molar-refractivity contribution in [2.75, 3.05) is 13.6 Å². The molecule has 0 saturated heterocycles. The van der Waals surface area contributed by atoms with E-state index in [2.05, 4.69) is 10.3 Å². The smallest absolute Gasteiger partial charge is 0.244 e. The third kappa shape index (κ3) is 5.10. The van der Waals surface area contributed by atoms with Gasteiger partial charge in [0.1, 0.15) is 6.54 Å². The molecule has 1 aromatic carbocycles. The predicted octanol–water partition coefficient (Wildman–Crippen LogP) is 1.49. The Hall–Kier alpha value is -2.04. The minimum atomic E-state index is -0.0324. The van der Waals surface area contributed by atoms with Crippen LogP contribution >= 0.6 is 0 Å². The van der Waals surface area contributed by atoms with Crippen molar-refractivity contribution in [3.05, 3.63) is 35.9 Å². The predicted molar refractivity (Wildman–Crippen MR) is 84.8 cm³/mol. The van der Waals surface area contributed by atoms with Gasteiger partial charge >= 0.3 is 0 Å². The Balaban J connectivity index is 1.77. The van der Waals surface area contributed by atoms with Gasteiger partial charge in [-0.2, -0.15) is 0 Å². The van der Waals surface area contributed by atoms with Crippen molar-refractivity contribution in [2.45, 2.75) is 38.3 Å². The molecule has 3 N–H and O–H groups in total. The molecule has 0 radical (unpaired) electrons. The third-order valence-corrected chi connectivity index (χ3v) is 3.78. The molecular weight excluding hydrogens is 264 g/mol. The van der Waals surface area contributed by atoms with Gasteiger partial charge in [-0.15, -0.1) is 0 Å². The van der Waals surface area contributed by atoms with Crippen LogP contribution in [0.3, 0.4) is 0 Å².